The molecule has 2 N–H and O–H groups in total. The predicted octanol–water partition coefficient (Wildman–Crippen LogP) is -0.584. The fourth-order valence-corrected chi connectivity index (χ4v) is 1.60. The number of ether oxygens (including phenoxy) is 1. The molecule has 1 saturated heterocycles. The standard InChI is InChI=1S/C9H16N2O3/c1-4-9(5-14-3)8(13)10-7(12)6(2)11-9/h6,11H,4-5H2,1-3H3,(H,10,12,13). The molecular weight excluding hydrogens is 184 g/mol. The maximum absolute atomic E-state index is 11.6. The third-order valence-electron chi connectivity index (χ3n) is 2.55. The number of rotatable bonds is 3. The summed E-state index contributed by atoms with van der Waals surface area (Å²) in [5.74, 6) is -0.583. The topological polar surface area (TPSA) is 67.4 Å². The van der Waals surface area contributed by atoms with Gasteiger partial charge in [-0.05, 0) is 13.3 Å². The second kappa shape index (κ2) is 4.06. The van der Waals surface area contributed by atoms with Crippen LogP contribution in [0.5, 0.6) is 0 Å². The van der Waals surface area contributed by atoms with Crippen LogP contribution in [0, 0.1) is 0 Å². The van der Waals surface area contributed by atoms with E-state index in [-0.39, 0.29) is 24.5 Å². The van der Waals surface area contributed by atoms with Crippen molar-refractivity contribution < 1.29 is 14.3 Å². The van der Waals surface area contributed by atoms with Gasteiger partial charge in [0.25, 0.3) is 0 Å². The molecule has 14 heavy (non-hydrogen) atoms. The summed E-state index contributed by atoms with van der Waals surface area (Å²) in [6, 6.07) is -0.359. The number of carbonyl (C=O) groups excluding carboxylic acids is 2. The maximum atomic E-state index is 11.6. The molecule has 1 heterocycles. The number of hydrogen-bond acceptors (Lipinski definition) is 4. The average molecular weight is 200 g/mol. The highest BCUT2D eigenvalue weighted by molar-refractivity contribution is 6.04. The van der Waals surface area contributed by atoms with Crippen LogP contribution in [0.15, 0.2) is 0 Å². The molecule has 0 aliphatic carbocycles. The average Bonchev–Trinajstić information content (AvgIpc) is 2.14. The van der Waals surface area contributed by atoms with E-state index in [1.807, 2.05) is 6.92 Å². The molecule has 0 aromatic carbocycles. The first-order valence-corrected chi connectivity index (χ1v) is 4.67. The number of hydrogen-bond donors (Lipinski definition) is 2. The van der Waals surface area contributed by atoms with E-state index in [0.717, 1.165) is 0 Å². The molecule has 0 aromatic rings. The SMILES string of the molecule is CCC1(COC)NC(C)C(=O)NC1=O. The third kappa shape index (κ3) is 1.78. The van der Waals surface area contributed by atoms with Gasteiger partial charge in [0.1, 0.15) is 5.54 Å². The summed E-state index contributed by atoms with van der Waals surface area (Å²) in [5, 5.41) is 5.33. The summed E-state index contributed by atoms with van der Waals surface area (Å²) < 4.78 is 4.99. The normalized spacial score (nSPS) is 32.9. The Labute approximate surface area is 83.2 Å². The largest absolute Gasteiger partial charge is 0.382 e. The molecule has 0 bridgehead atoms. The summed E-state index contributed by atoms with van der Waals surface area (Å²) in [6.07, 6.45) is 0.588. The van der Waals surface area contributed by atoms with Gasteiger partial charge in [-0.2, -0.15) is 0 Å². The van der Waals surface area contributed by atoms with E-state index in [4.69, 9.17) is 4.74 Å². The molecule has 5 heteroatoms. The molecule has 2 unspecified atom stereocenters. The van der Waals surface area contributed by atoms with Crippen LogP contribution in [0.25, 0.3) is 0 Å². The molecule has 1 fully saturated rings. The van der Waals surface area contributed by atoms with Crippen molar-refractivity contribution in [1.29, 1.82) is 0 Å². The minimum atomic E-state index is -0.762. The molecule has 0 saturated carbocycles. The Morgan fingerprint density at radius 3 is 2.64 bits per heavy atom. The lowest BCUT2D eigenvalue weighted by Gasteiger charge is -2.38. The van der Waals surface area contributed by atoms with Crippen LogP contribution in [0.3, 0.4) is 0 Å². The van der Waals surface area contributed by atoms with E-state index in [2.05, 4.69) is 10.6 Å². The Bertz CT molecular complexity index is 254. The first-order valence-electron chi connectivity index (χ1n) is 4.67. The molecule has 0 radical (unpaired) electrons. The van der Waals surface area contributed by atoms with Gasteiger partial charge < -0.3 is 4.74 Å². The minimum Gasteiger partial charge on any atom is -0.382 e. The smallest absolute Gasteiger partial charge is 0.249 e. The van der Waals surface area contributed by atoms with E-state index in [1.165, 1.54) is 7.11 Å². The molecule has 1 aliphatic rings. The second-order valence-electron chi connectivity index (χ2n) is 3.55. The molecule has 2 amide bonds. The summed E-state index contributed by atoms with van der Waals surface area (Å²) >= 11 is 0. The van der Waals surface area contributed by atoms with Crippen molar-refractivity contribution in [3.05, 3.63) is 0 Å². The fraction of sp³-hybridized carbons (Fsp3) is 0.778. The quantitative estimate of drug-likeness (QED) is 0.598. The predicted molar refractivity (Wildman–Crippen MR) is 50.6 cm³/mol. The molecule has 1 aliphatic heterocycles. The highest BCUT2D eigenvalue weighted by atomic mass is 16.5. The van der Waals surface area contributed by atoms with Crippen molar-refractivity contribution in [2.75, 3.05) is 13.7 Å². The summed E-state index contributed by atoms with van der Waals surface area (Å²) in [5.41, 5.74) is -0.762. The molecule has 0 aromatic heterocycles. The van der Waals surface area contributed by atoms with Crippen molar-refractivity contribution in [3.8, 4) is 0 Å². The van der Waals surface area contributed by atoms with Gasteiger partial charge in [-0.3, -0.25) is 20.2 Å². The zero-order chi connectivity index (χ0) is 10.8. The highest BCUT2D eigenvalue weighted by Crippen LogP contribution is 2.15. The van der Waals surface area contributed by atoms with Crippen molar-refractivity contribution in [3.63, 3.8) is 0 Å². The lowest BCUT2D eigenvalue weighted by Crippen LogP contribution is -2.70. The number of methoxy groups -OCH3 is 1. The van der Waals surface area contributed by atoms with Crippen molar-refractivity contribution >= 4 is 11.8 Å². The number of carbonyl (C=O) groups is 2. The monoisotopic (exact) mass is 200 g/mol. The third-order valence-corrected chi connectivity index (χ3v) is 2.55. The van der Waals surface area contributed by atoms with Gasteiger partial charge in [-0.25, -0.2) is 0 Å². The van der Waals surface area contributed by atoms with Crippen molar-refractivity contribution in [1.82, 2.24) is 10.6 Å². The molecule has 2 atom stereocenters. The molecule has 1 rings (SSSR count). The molecule has 0 spiro atoms. The van der Waals surface area contributed by atoms with Gasteiger partial charge in [-0.15, -0.1) is 0 Å². The van der Waals surface area contributed by atoms with Crippen molar-refractivity contribution in [2.24, 2.45) is 0 Å². The van der Waals surface area contributed by atoms with E-state index < -0.39 is 5.54 Å². The maximum Gasteiger partial charge on any atom is 0.249 e. The zero-order valence-corrected chi connectivity index (χ0v) is 8.72. The summed E-state index contributed by atoms with van der Waals surface area (Å²) in [4.78, 5) is 22.8. The Morgan fingerprint density at radius 2 is 2.14 bits per heavy atom. The minimum absolute atomic E-state index is 0.271. The molecule has 80 valence electrons. The highest BCUT2D eigenvalue weighted by Gasteiger charge is 2.43. The summed E-state index contributed by atoms with van der Waals surface area (Å²) in [7, 11) is 1.54. The van der Waals surface area contributed by atoms with Crippen molar-refractivity contribution in [2.45, 2.75) is 31.8 Å². The van der Waals surface area contributed by atoms with Crippen LogP contribution in [0.1, 0.15) is 20.3 Å². The van der Waals surface area contributed by atoms with Crippen LogP contribution >= 0.6 is 0 Å². The Balaban J connectivity index is 2.84. The number of amides is 2. The van der Waals surface area contributed by atoms with E-state index in [0.29, 0.717) is 6.42 Å². The van der Waals surface area contributed by atoms with Crippen LogP contribution in [-0.4, -0.2) is 37.1 Å². The lowest BCUT2D eigenvalue weighted by atomic mass is 9.92. The number of imide groups is 1. The first kappa shape index (κ1) is 11.1. The van der Waals surface area contributed by atoms with Crippen LogP contribution in [0.4, 0.5) is 0 Å². The fourth-order valence-electron chi connectivity index (χ4n) is 1.60. The Kier molecular flexibility index (Phi) is 3.23. The second-order valence-corrected chi connectivity index (χ2v) is 3.55. The Hall–Kier alpha value is -0.940. The number of nitrogens with one attached hydrogen (secondary N) is 2. The summed E-state index contributed by atoms with van der Waals surface area (Å²) in [6.45, 7) is 3.88. The lowest BCUT2D eigenvalue weighted by molar-refractivity contribution is -0.142. The van der Waals surface area contributed by atoms with Gasteiger partial charge in [0, 0.05) is 7.11 Å². The van der Waals surface area contributed by atoms with E-state index in [9.17, 15) is 9.59 Å². The van der Waals surface area contributed by atoms with Gasteiger partial charge >= 0.3 is 0 Å². The zero-order valence-electron chi connectivity index (χ0n) is 8.72. The van der Waals surface area contributed by atoms with Crippen LogP contribution < -0.4 is 10.6 Å². The number of piperazine rings is 1. The van der Waals surface area contributed by atoms with E-state index >= 15 is 0 Å². The molecular formula is C9H16N2O3. The van der Waals surface area contributed by atoms with Gasteiger partial charge in [0.2, 0.25) is 11.8 Å². The van der Waals surface area contributed by atoms with Gasteiger partial charge in [0.15, 0.2) is 0 Å². The molecule has 5 nitrogen and oxygen atoms in total. The van der Waals surface area contributed by atoms with Crippen LogP contribution in [0.2, 0.25) is 0 Å². The van der Waals surface area contributed by atoms with Gasteiger partial charge in [0.05, 0.1) is 12.6 Å². The first-order chi connectivity index (χ1) is 6.55. The Morgan fingerprint density at radius 1 is 1.50 bits per heavy atom. The van der Waals surface area contributed by atoms with Crippen LogP contribution in [-0.2, 0) is 14.3 Å². The van der Waals surface area contributed by atoms with Gasteiger partial charge in [-0.1, -0.05) is 6.92 Å². The van der Waals surface area contributed by atoms with E-state index in [1.54, 1.807) is 6.92 Å².